The van der Waals surface area contributed by atoms with Crippen molar-refractivity contribution in [1.29, 1.82) is 0 Å². The van der Waals surface area contributed by atoms with Crippen LogP contribution in [0.2, 0.25) is 23.7 Å². The van der Waals surface area contributed by atoms with E-state index in [2.05, 4.69) is 0 Å². The summed E-state index contributed by atoms with van der Waals surface area (Å²) in [7, 11) is -2.09. The topological polar surface area (TPSA) is 101 Å². The standard InChI is InChI=1S/C39H41ClFN3O6Si/c1-24-36(51(3,4)41)34(20-35(46)43-22-27-9-6-5-8-26(27)18-30(43)23-45)50-39(24)31-19-28(40)13-16-32(31)44(38(39)48)21-25-11-14-29(15-12-25)42-17-7-10-33(49-2)37(42)47/h5-17,19,24,30,34,36,45H,18,20-23H2,1-4H3/t24-,30+,34+,36-,39+/m1/s1. The SMILES string of the molecule is COc1cccn(-c2ccc(CN3C(=O)[C@@]4(O[C@@H](CC(=O)N5Cc6ccccc6C[C@H]5CO)[C@H]([Si](C)(C)F)[C@H]4C)c4cc(Cl)ccc43)cc2)c1=O. The fourth-order valence-corrected chi connectivity index (χ4v) is 11.2. The number of carbonyl (C=O) groups is 2. The van der Waals surface area contributed by atoms with Gasteiger partial charge in [0.15, 0.2) is 11.4 Å². The first-order valence-corrected chi connectivity index (χ1v) is 20.5. The minimum atomic E-state index is -3.54. The highest BCUT2D eigenvalue weighted by molar-refractivity contribution is 6.72. The van der Waals surface area contributed by atoms with E-state index < -0.39 is 37.6 Å². The summed E-state index contributed by atoms with van der Waals surface area (Å²) in [6, 6.07) is 23.3. The molecule has 51 heavy (non-hydrogen) atoms. The minimum Gasteiger partial charge on any atom is -0.491 e. The summed E-state index contributed by atoms with van der Waals surface area (Å²) in [5, 5.41) is 10.7. The van der Waals surface area contributed by atoms with Crippen LogP contribution in [0.3, 0.4) is 0 Å². The van der Waals surface area contributed by atoms with Gasteiger partial charge in [-0.1, -0.05) is 54.9 Å². The summed E-state index contributed by atoms with van der Waals surface area (Å²) in [6.45, 7) is 5.39. The number of fused-ring (bicyclic) bond motifs is 3. The molecule has 3 aliphatic heterocycles. The van der Waals surface area contributed by atoms with Gasteiger partial charge in [0.1, 0.15) is 0 Å². The fourth-order valence-electron chi connectivity index (χ4n) is 8.49. The van der Waals surface area contributed by atoms with E-state index in [1.54, 1.807) is 71.6 Å². The Morgan fingerprint density at radius 2 is 1.78 bits per heavy atom. The van der Waals surface area contributed by atoms with Crippen LogP contribution in [0, 0.1) is 5.92 Å². The molecule has 3 aliphatic rings. The number of aliphatic hydroxyl groups excluding tert-OH is 1. The molecule has 1 aromatic heterocycles. The summed E-state index contributed by atoms with van der Waals surface area (Å²) < 4.78 is 29.9. The molecule has 7 rings (SSSR count). The third kappa shape index (κ3) is 5.99. The maximum absolute atomic E-state index is 16.5. The van der Waals surface area contributed by atoms with E-state index in [1.165, 1.54) is 11.7 Å². The maximum atomic E-state index is 16.5. The Morgan fingerprint density at radius 3 is 2.47 bits per heavy atom. The molecule has 9 nitrogen and oxygen atoms in total. The molecule has 0 radical (unpaired) electrons. The number of hydrogen-bond donors (Lipinski definition) is 1. The molecule has 3 aromatic carbocycles. The molecule has 0 bridgehead atoms. The van der Waals surface area contributed by atoms with Crippen LogP contribution in [-0.2, 0) is 39.4 Å². The van der Waals surface area contributed by atoms with Crippen molar-refractivity contribution in [2.45, 2.75) is 69.2 Å². The maximum Gasteiger partial charge on any atom is 0.297 e. The summed E-state index contributed by atoms with van der Waals surface area (Å²) in [4.78, 5) is 45.0. The van der Waals surface area contributed by atoms with Gasteiger partial charge < -0.3 is 28.5 Å². The lowest BCUT2D eigenvalue weighted by Gasteiger charge is -2.37. The number of methoxy groups -OCH3 is 1. The van der Waals surface area contributed by atoms with Gasteiger partial charge in [-0.05, 0) is 78.7 Å². The van der Waals surface area contributed by atoms with E-state index >= 15 is 4.11 Å². The largest absolute Gasteiger partial charge is 0.491 e. The fraction of sp³-hybridized carbons (Fsp3) is 0.359. The lowest BCUT2D eigenvalue weighted by molar-refractivity contribution is -0.151. The molecule has 1 spiro atoms. The number of rotatable bonds is 8. The highest BCUT2D eigenvalue weighted by Crippen LogP contribution is 2.60. The van der Waals surface area contributed by atoms with Crippen LogP contribution in [0.1, 0.15) is 35.6 Å². The molecular formula is C39H41ClFN3O6Si. The Balaban J connectivity index is 1.20. The molecule has 4 heterocycles. The highest BCUT2D eigenvalue weighted by Gasteiger charge is 2.67. The van der Waals surface area contributed by atoms with Crippen molar-refractivity contribution in [3.8, 4) is 11.4 Å². The van der Waals surface area contributed by atoms with Gasteiger partial charge >= 0.3 is 0 Å². The molecular weight excluding hydrogens is 689 g/mol. The first-order valence-electron chi connectivity index (χ1n) is 17.2. The van der Waals surface area contributed by atoms with E-state index in [0.717, 1.165) is 16.7 Å². The normalized spacial score (nSPS) is 24.2. The van der Waals surface area contributed by atoms with Gasteiger partial charge in [0.25, 0.3) is 11.5 Å². The Bertz CT molecular complexity index is 2050. The van der Waals surface area contributed by atoms with Crippen LogP contribution in [0.5, 0.6) is 5.75 Å². The molecule has 0 aliphatic carbocycles. The number of aromatic nitrogens is 1. The van der Waals surface area contributed by atoms with E-state index in [-0.39, 0.29) is 42.7 Å². The van der Waals surface area contributed by atoms with E-state index in [9.17, 15) is 19.5 Å². The van der Waals surface area contributed by atoms with Crippen LogP contribution >= 0.6 is 11.6 Å². The zero-order chi connectivity index (χ0) is 36.2. The molecule has 0 unspecified atom stereocenters. The number of halogens is 2. The van der Waals surface area contributed by atoms with Crippen molar-refractivity contribution in [3.63, 3.8) is 0 Å². The van der Waals surface area contributed by atoms with Crippen molar-refractivity contribution in [1.82, 2.24) is 9.47 Å². The van der Waals surface area contributed by atoms with Gasteiger partial charge in [-0.25, -0.2) is 0 Å². The second-order valence-corrected chi connectivity index (χ2v) is 18.5. The monoisotopic (exact) mass is 729 g/mol. The smallest absolute Gasteiger partial charge is 0.297 e. The third-order valence-corrected chi connectivity index (χ3v) is 13.6. The van der Waals surface area contributed by atoms with Gasteiger partial charge in [0, 0.05) is 40.5 Å². The number of pyridine rings is 1. The van der Waals surface area contributed by atoms with E-state index in [0.29, 0.717) is 34.9 Å². The average molecular weight is 730 g/mol. The van der Waals surface area contributed by atoms with Gasteiger partial charge in [-0.15, -0.1) is 0 Å². The number of nitrogens with zero attached hydrogens (tertiary/aromatic N) is 3. The molecule has 1 fully saturated rings. The van der Waals surface area contributed by atoms with E-state index in [1.807, 2.05) is 43.3 Å². The van der Waals surface area contributed by atoms with Crippen LogP contribution < -0.4 is 15.2 Å². The Labute approximate surface area is 302 Å². The van der Waals surface area contributed by atoms with Crippen molar-refractivity contribution in [3.05, 3.63) is 123 Å². The van der Waals surface area contributed by atoms with Crippen LogP contribution in [-0.4, -0.2) is 60.7 Å². The summed E-state index contributed by atoms with van der Waals surface area (Å²) in [5.74, 6) is -0.957. The van der Waals surface area contributed by atoms with Gasteiger partial charge in [-0.3, -0.25) is 19.0 Å². The second-order valence-electron chi connectivity index (χ2n) is 14.3. The predicted molar refractivity (Wildman–Crippen MR) is 195 cm³/mol. The van der Waals surface area contributed by atoms with Crippen molar-refractivity contribution >= 4 is 37.5 Å². The average Bonchev–Trinajstić information content (AvgIpc) is 3.53. The van der Waals surface area contributed by atoms with Crippen LogP contribution in [0.25, 0.3) is 5.69 Å². The number of benzene rings is 3. The Kier molecular flexibility index (Phi) is 9.20. The van der Waals surface area contributed by atoms with Crippen molar-refractivity contribution in [2.75, 3.05) is 18.6 Å². The summed E-state index contributed by atoms with van der Waals surface area (Å²) in [5.41, 5.74) is 2.20. The molecule has 2 amide bonds. The lowest BCUT2D eigenvalue weighted by atomic mass is 9.82. The van der Waals surface area contributed by atoms with E-state index in [4.69, 9.17) is 21.1 Å². The number of ether oxygens (including phenoxy) is 2. The molecule has 1 N–H and O–H groups in total. The molecule has 12 heteroatoms. The van der Waals surface area contributed by atoms with Crippen molar-refractivity contribution < 1.29 is 28.3 Å². The molecule has 4 aromatic rings. The van der Waals surface area contributed by atoms with Crippen LogP contribution in [0.15, 0.2) is 89.9 Å². The number of aliphatic hydroxyl groups is 1. The number of hydrogen-bond acceptors (Lipinski definition) is 6. The Morgan fingerprint density at radius 1 is 1.06 bits per heavy atom. The first-order chi connectivity index (χ1) is 24.4. The quantitative estimate of drug-likeness (QED) is 0.172. The number of amides is 2. The molecule has 5 atom stereocenters. The predicted octanol–water partition coefficient (Wildman–Crippen LogP) is 6.16. The second kappa shape index (κ2) is 13.4. The van der Waals surface area contributed by atoms with Gasteiger partial charge in [-0.2, -0.15) is 0 Å². The summed E-state index contributed by atoms with van der Waals surface area (Å²) >= 11 is 6.55. The lowest BCUT2D eigenvalue weighted by Crippen LogP contribution is -2.48. The van der Waals surface area contributed by atoms with Gasteiger partial charge in [0.05, 0.1) is 44.5 Å². The Hall–Kier alpha value is -4.29. The van der Waals surface area contributed by atoms with Crippen LogP contribution in [0.4, 0.5) is 9.80 Å². The molecule has 1 saturated heterocycles. The molecule has 0 saturated carbocycles. The number of carbonyl (C=O) groups excluding carboxylic acids is 2. The first kappa shape index (κ1) is 35.1. The zero-order valence-corrected chi connectivity index (χ0v) is 30.8. The third-order valence-electron chi connectivity index (χ3n) is 10.9. The van der Waals surface area contributed by atoms with Gasteiger partial charge in [0.2, 0.25) is 14.3 Å². The van der Waals surface area contributed by atoms with Crippen molar-refractivity contribution in [2.24, 2.45) is 5.92 Å². The zero-order valence-electron chi connectivity index (χ0n) is 29.0. The summed E-state index contributed by atoms with van der Waals surface area (Å²) in [6.07, 6.45) is 1.19. The molecule has 266 valence electrons. The highest BCUT2D eigenvalue weighted by atomic mass is 35.5. The minimum absolute atomic E-state index is 0.121. The number of anilines is 1.